The summed E-state index contributed by atoms with van der Waals surface area (Å²) in [6, 6.07) is 8.10. The molecule has 0 spiro atoms. The van der Waals surface area contributed by atoms with E-state index in [2.05, 4.69) is 26.3 Å². The van der Waals surface area contributed by atoms with Gasteiger partial charge < -0.3 is 20.0 Å². The number of carbonyl (C=O) groups is 1. The fourth-order valence-electron chi connectivity index (χ4n) is 3.07. The van der Waals surface area contributed by atoms with Crippen LogP contribution in [0.5, 0.6) is 5.75 Å². The Morgan fingerprint density at radius 2 is 1.96 bits per heavy atom. The summed E-state index contributed by atoms with van der Waals surface area (Å²) < 4.78 is 5.28. The number of hydrogen-bond acceptors (Lipinski definition) is 3. The summed E-state index contributed by atoms with van der Waals surface area (Å²) in [6.45, 7) is 0. The van der Waals surface area contributed by atoms with Crippen molar-refractivity contribution in [3.8, 4) is 17.1 Å². The van der Waals surface area contributed by atoms with E-state index in [0.717, 1.165) is 66.0 Å². The lowest BCUT2D eigenvalue weighted by Crippen LogP contribution is -2.16. The van der Waals surface area contributed by atoms with Crippen LogP contribution in [0.1, 0.15) is 37.9 Å². The highest BCUT2D eigenvalue weighted by Crippen LogP contribution is 2.26. The van der Waals surface area contributed by atoms with E-state index in [0.29, 0.717) is 6.42 Å². The zero-order valence-corrected chi connectivity index (χ0v) is 15.4. The number of fused-ring (bicyclic) bond motifs is 1. The maximum absolute atomic E-state index is 11.2. The van der Waals surface area contributed by atoms with Gasteiger partial charge >= 0.3 is 0 Å². The Hall–Kier alpha value is -2.76. The SMILES string of the molecule is CNC(=O)CCCCCCc1ncc(-c2cc3cc(OC)ccc3[nH]2)[nH]1. The van der Waals surface area contributed by atoms with Crippen molar-refractivity contribution in [2.24, 2.45) is 0 Å². The van der Waals surface area contributed by atoms with Crippen molar-refractivity contribution in [1.29, 1.82) is 0 Å². The molecule has 0 bridgehead atoms. The molecule has 0 aliphatic heterocycles. The second-order valence-electron chi connectivity index (χ2n) is 6.47. The minimum atomic E-state index is 0.122. The van der Waals surface area contributed by atoms with Crippen molar-refractivity contribution in [3.05, 3.63) is 36.3 Å². The maximum atomic E-state index is 11.2. The van der Waals surface area contributed by atoms with Gasteiger partial charge in [-0.15, -0.1) is 0 Å². The molecule has 3 rings (SSSR count). The summed E-state index contributed by atoms with van der Waals surface area (Å²) in [5.41, 5.74) is 3.10. The Labute approximate surface area is 153 Å². The van der Waals surface area contributed by atoms with Crippen LogP contribution in [0.25, 0.3) is 22.3 Å². The molecular weight excluding hydrogens is 328 g/mol. The van der Waals surface area contributed by atoms with Gasteiger partial charge in [0, 0.05) is 30.8 Å². The van der Waals surface area contributed by atoms with Gasteiger partial charge in [-0.2, -0.15) is 0 Å². The van der Waals surface area contributed by atoms with E-state index in [1.54, 1.807) is 14.2 Å². The molecule has 3 aromatic rings. The van der Waals surface area contributed by atoms with Gasteiger partial charge in [-0.1, -0.05) is 12.8 Å². The predicted octanol–water partition coefficient (Wildman–Crippen LogP) is 3.81. The number of nitrogens with zero attached hydrogens (tertiary/aromatic N) is 1. The third-order valence-corrected chi connectivity index (χ3v) is 4.59. The molecule has 2 aromatic heterocycles. The number of rotatable bonds is 9. The Balaban J connectivity index is 1.52. The standard InChI is InChI=1S/C20H26N4O2/c1-21-20(25)8-6-4-3-5-7-19-22-13-18(24-19)17-12-14-11-15(26-2)9-10-16(14)23-17/h9-13,23H,3-8H2,1-2H3,(H,21,25)(H,22,24). The second kappa shape index (κ2) is 8.56. The van der Waals surface area contributed by atoms with E-state index in [1.165, 1.54) is 0 Å². The Morgan fingerprint density at radius 3 is 2.77 bits per heavy atom. The topological polar surface area (TPSA) is 82.8 Å². The molecule has 0 aliphatic rings. The summed E-state index contributed by atoms with van der Waals surface area (Å²) in [7, 11) is 3.36. The van der Waals surface area contributed by atoms with Gasteiger partial charge in [0.2, 0.25) is 5.91 Å². The molecule has 0 radical (unpaired) electrons. The zero-order chi connectivity index (χ0) is 18.4. The Kier molecular flexibility index (Phi) is 5.94. The molecule has 0 atom stereocenters. The average Bonchev–Trinajstić information content (AvgIpc) is 3.30. The number of unbranched alkanes of at least 4 members (excludes halogenated alkanes) is 3. The first kappa shape index (κ1) is 18.0. The van der Waals surface area contributed by atoms with Gasteiger partial charge in [0.05, 0.1) is 24.7 Å². The van der Waals surface area contributed by atoms with Crippen LogP contribution in [0.4, 0.5) is 0 Å². The molecule has 0 unspecified atom stereocenters. The van der Waals surface area contributed by atoms with E-state index in [9.17, 15) is 4.79 Å². The monoisotopic (exact) mass is 354 g/mol. The van der Waals surface area contributed by atoms with E-state index in [4.69, 9.17) is 4.74 Å². The van der Waals surface area contributed by atoms with Crippen molar-refractivity contribution in [1.82, 2.24) is 20.3 Å². The number of imidazole rings is 1. The summed E-state index contributed by atoms with van der Waals surface area (Å²) in [6.07, 6.45) is 7.62. The number of ether oxygens (including phenoxy) is 1. The molecular formula is C20H26N4O2. The molecule has 26 heavy (non-hydrogen) atoms. The fraction of sp³-hybridized carbons (Fsp3) is 0.400. The lowest BCUT2D eigenvalue weighted by atomic mass is 10.1. The first-order valence-electron chi connectivity index (χ1n) is 9.11. The average molecular weight is 354 g/mol. The van der Waals surface area contributed by atoms with Crippen LogP contribution in [0, 0.1) is 0 Å². The van der Waals surface area contributed by atoms with Crippen LogP contribution in [0.15, 0.2) is 30.5 Å². The smallest absolute Gasteiger partial charge is 0.219 e. The molecule has 2 heterocycles. The Morgan fingerprint density at radius 1 is 1.12 bits per heavy atom. The molecule has 138 valence electrons. The molecule has 1 aromatic carbocycles. The molecule has 6 heteroatoms. The van der Waals surface area contributed by atoms with Gasteiger partial charge in [0.15, 0.2) is 0 Å². The highest BCUT2D eigenvalue weighted by molar-refractivity contribution is 5.86. The van der Waals surface area contributed by atoms with Gasteiger partial charge in [0.1, 0.15) is 11.6 Å². The second-order valence-corrected chi connectivity index (χ2v) is 6.47. The first-order chi connectivity index (χ1) is 12.7. The lowest BCUT2D eigenvalue weighted by molar-refractivity contribution is -0.120. The van der Waals surface area contributed by atoms with Crippen molar-refractivity contribution in [3.63, 3.8) is 0 Å². The third-order valence-electron chi connectivity index (χ3n) is 4.59. The Bertz CT molecular complexity index is 866. The van der Waals surface area contributed by atoms with Crippen LogP contribution in [-0.4, -0.2) is 35.0 Å². The first-order valence-corrected chi connectivity index (χ1v) is 9.11. The van der Waals surface area contributed by atoms with E-state index in [1.807, 2.05) is 24.4 Å². The highest BCUT2D eigenvalue weighted by Gasteiger charge is 2.08. The van der Waals surface area contributed by atoms with Crippen molar-refractivity contribution >= 4 is 16.8 Å². The number of amides is 1. The van der Waals surface area contributed by atoms with Crippen LogP contribution < -0.4 is 10.1 Å². The van der Waals surface area contributed by atoms with Crippen LogP contribution in [-0.2, 0) is 11.2 Å². The quantitative estimate of drug-likeness (QED) is 0.511. The number of aromatic amines is 2. The molecule has 1 amide bonds. The highest BCUT2D eigenvalue weighted by atomic mass is 16.5. The van der Waals surface area contributed by atoms with E-state index >= 15 is 0 Å². The summed E-state index contributed by atoms with van der Waals surface area (Å²) in [4.78, 5) is 22.5. The number of H-pyrrole nitrogens is 2. The number of aryl methyl sites for hydroxylation is 1. The van der Waals surface area contributed by atoms with Crippen LogP contribution in [0.3, 0.4) is 0 Å². The van der Waals surface area contributed by atoms with Crippen molar-refractivity contribution in [2.45, 2.75) is 38.5 Å². The number of nitrogens with one attached hydrogen (secondary N) is 3. The third kappa shape index (κ3) is 4.45. The fourth-order valence-corrected chi connectivity index (χ4v) is 3.07. The van der Waals surface area contributed by atoms with Gasteiger partial charge in [-0.05, 0) is 37.1 Å². The van der Waals surface area contributed by atoms with Crippen LogP contribution in [0.2, 0.25) is 0 Å². The molecule has 6 nitrogen and oxygen atoms in total. The van der Waals surface area contributed by atoms with Crippen molar-refractivity contribution < 1.29 is 9.53 Å². The predicted molar refractivity (Wildman–Crippen MR) is 103 cm³/mol. The number of methoxy groups -OCH3 is 1. The maximum Gasteiger partial charge on any atom is 0.219 e. The minimum absolute atomic E-state index is 0.122. The lowest BCUT2D eigenvalue weighted by Gasteiger charge is -2.00. The largest absolute Gasteiger partial charge is 0.497 e. The van der Waals surface area contributed by atoms with Gasteiger partial charge in [-0.25, -0.2) is 4.98 Å². The normalized spacial score (nSPS) is 11.0. The molecule has 0 fully saturated rings. The molecule has 3 N–H and O–H groups in total. The number of hydrogen-bond donors (Lipinski definition) is 3. The molecule has 0 aliphatic carbocycles. The summed E-state index contributed by atoms with van der Waals surface area (Å²) >= 11 is 0. The summed E-state index contributed by atoms with van der Waals surface area (Å²) in [5, 5.41) is 3.77. The number of aromatic nitrogens is 3. The zero-order valence-electron chi connectivity index (χ0n) is 15.4. The van der Waals surface area contributed by atoms with E-state index in [-0.39, 0.29) is 5.91 Å². The van der Waals surface area contributed by atoms with Gasteiger partial charge in [-0.3, -0.25) is 4.79 Å². The molecule has 0 saturated heterocycles. The van der Waals surface area contributed by atoms with Crippen molar-refractivity contribution in [2.75, 3.05) is 14.2 Å². The summed E-state index contributed by atoms with van der Waals surface area (Å²) in [5.74, 6) is 1.98. The number of carbonyl (C=O) groups excluding carboxylic acids is 1. The van der Waals surface area contributed by atoms with Crippen LogP contribution >= 0.6 is 0 Å². The van der Waals surface area contributed by atoms with E-state index < -0.39 is 0 Å². The van der Waals surface area contributed by atoms with Gasteiger partial charge in [0.25, 0.3) is 0 Å². The minimum Gasteiger partial charge on any atom is -0.497 e. The molecule has 0 saturated carbocycles. The number of benzene rings is 1.